The van der Waals surface area contributed by atoms with Gasteiger partial charge in [-0.25, -0.2) is 4.98 Å². The van der Waals surface area contributed by atoms with E-state index < -0.39 is 4.92 Å². The fraction of sp³-hybridized carbons (Fsp3) is 0.667. The zero-order chi connectivity index (χ0) is 15.1. The van der Waals surface area contributed by atoms with Crippen molar-refractivity contribution in [3.8, 4) is 0 Å². The van der Waals surface area contributed by atoms with Gasteiger partial charge in [0.1, 0.15) is 5.69 Å². The maximum Gasteiger partial charge on any atom is 0.332 e. The van der Waals surface area contributed by atoms with Crippen molar-refractivity contribution in [2.45, 2.75) is 39.7 Å². The molecular formula is C12H21N5O3. The van der Waals surface area contributed by atoms with Crippen LogP contribution in [0.1, 0.15) is 32.4 Å². The van der Waals surface area contributed by atoms with Crippen molar-refractivity contribution in [3.05, 3.63) is 15.8 Å². The topological polar surface area (TPSA) is 113 Å². The van der Waals surface area contributed by atoms with Crippen LogP contribution in [0.15, 0.2) is 0 Å². The van der Waals surface area contributed by atoms with Crippen molar-refractivity contribution < 1.29 is 10.0 Å². The van der Waals surface area contributed by atoms with E-state index >= 15 is 0 Å². The van der Waals surface area contributed by atoms with Gasteiger partial charge in [0.05, 0.1) is 4.92 Å². The third kappa shape index (κ3) is 4.30. The summed E-state index contributed by atoms with van der Waals surface area (Å²) in [5, 5.41) is 25.9. The molecule has 0 saturated heterocycles. The van der Waals surface area contributed by atoms with Gasteiger partial charge in [-0.15, -0.1) is 0 Å². The zero-order valence-electron chi connectivity index (χ0n) is 12.0. The van der Waals surface area contributed by atoms with Gasteiger partial charge in [0.25, 0.3) is 0 Å². The summed E-state index contributed by atoms with van der Waals surface area (Å²) >= 11 is 0. The van der Waals surface area contributed by atoms with Crippen LogP contribution in [0.2, 0.25) is 0 Å². The van der Waals surface area contributed by atoms with Crippen molar-refractivity contribution in [1.82, 2.24) is 9.97 Å². The largest absolute Gasteiger partial charge is 0.396 e. The van der Waals surface area contributed by atoms with Crippen LogP contribution in [0.4, 0.5) is 17.5 Å². The summed E-state index contributed by atoms with van der Waals surface area (Å²) in [6.07, 6.45) is 1.33. The van der Waals surface area contributed by atoms with Crippen LogP contribution in [-0.4, -0.2) is 39.2 Å². The quantitative estimate of drug-likeness (QED) is 0.491. The lowest BCUT2D eigenvalue weighted by molar-refractivity contribution is -0.385. The molecule has 0 aliphatic rings. The number of aromatic nitrogens is 2. The summed E-state index contributed by atoms with van der Waals surface area (Å²) in [5.41, 5.74) is 0.209. The molecule has 1 atom stereocenters. The Hall–Kier alpha value is -1.96. The lowest BCUT2D eigenvalue weighted by atomic mass is 10.2. The van der Waals surface area contributed by atoms with E-state index in [-0.39, 0.29) is 24.2 Å². The van der Waals surface area contributed by atoms with Crippen LogP contribution in [-0.2, 0) is 0 Å². The molecule has 8 nitrogen and oxygen atoms in total. The van der Waals surface area contributed by atoms with Gasteiger partial charge in [-0.05, 0) is 33.6 Å². The summed E-state index contributed by atoms with van der Waals surface area (Å²) in [5.74, 6) is 0.580. The van der Waals surface area contributed by atoms with E-state index in [9.17, 15) is 10.1 Å². The van der Waals surface area contributed by atoms with E-state index in [1.165, 1.54) is 0 Å². The summed E-state index contributed by atoms with van der Waals surface area (Å²) in [6, 6.07) is -0.0235. The van der Waals surface area contributed by atoms with Gasteiger partial charge in [-0.2, -0.15) is 4.98 Å². The van der Waals surface area contributed by atoms with Crippen molar-refractivity contribution in [3.63, 3.8) is 0 Å². The number of aliphatic hydroxyl groups excluding tert-OH is 1. The molecule has 0 aliphatic carbocycles. The highest BCUT2D eigenvalue weighted by Crippen LogP contribution is 2.27. The first-order chi connectivity index (χ1) is 9.49. The maximum atomic E-state index is 11.1. The number of nitrogens with one attached hydrogen (secondary N) is 2. The standard InChI is InChI=1S/C12H21N5O3/c1-4-13-12-15-9(3)10(17(19)20)11(16-12)14-8(2)6-5-7-18/h8,18H,4-7H2,1-3H3,(H2,13,14,15,16). The normalized spacial score (nSPS) is 12.0. The van der Waals surface area contributed by atoms with Crippen molar-refractivity contribution in [2.75, 3.05) is 23.8 Å². The average Bonchev–Trinajstić information content (AvgIpc) is 2.35. The number of hydrogen-bond donors (Lipinski definition) is 3. The van der Waals surface area contributed by atoms with Gasteiger partial charge < -0.3 is 15.7 Å². The molecule has 20 heavy (non-hydrogen) atoms. The molecule has 0 bridgehead atoms. The average molecular weight is 283 g/mol. The Morgan fingerprint density at radius 2 is 2.15 bits per heavy atom. The Kier molecular flexibility index (Phi) is 6.10. The minimum Gasteiger partial charge on any atom is -0.396 e. The predicted octanol–water partition coefficient (Wildman–Crippen LogP) is 1.70. The summed E-state index contributed by atoms with van der Waals surface area (Å²) in [7, 11) is 0. The van der Waals surface area contributed by atoms with Gasteiger partial charge in [0.2, 0.25) is 11.8 Å². The van der Waals surface area contributed by atoms with E-state index in [4.69, 9.17) is 5.11 Å². The van der Waals surface area contributed by atoms with E-state index in [1.807, 2.05) is 13.8 Å². The molecule has 0 radical (unpaired) electrons. The molecule has 112 valence electrons. The second kappa shape index (κ2) is 7.59. The molecule has 0 aromatic carbocycles. The molecule has 1 unspecified atom stereocenters. The molecule has 0 spiro atoms. The fourth-order valence-corrected chi connectivity index (χ4v) is 1.83. The van der Waals surface area contributed by atoms with Crippen LogP contribution in [0.5, 0.6) is 0 Å². The van der Waals surface area contributed by atoms with E-state index in [2.05, 4.69) is 20.6 Å². The Bertz CT molecular complexity index is 467. The minimum absolute atomic E-state index is 0.0235. The van der Waals surface area contributed by atoms with Crippen LogP contribution in [0.3, 0.4) is 0 Å². The van der Waals surface area contributed by atoms with Gasteiger partial charge in [0, 0.05) is 19.2 Å². The smallest absolute Gasteiger partial charge is 0.332 e. The molecule has 0 fully saturated rings. The van der Waals surface area contributed by atoms with Gasteiger partial charge >= 0.3 is 5.69 Å². The Labute approximate surface area is 117 Å². The highest BCUT2D eigenvalue weighted by Gasteiger charge is 2.22. The SMILES string of the molecule is CCNc1nc(C)c([N+](=O)[O-])c(NC(C)CCCO)n1. The summed E-state index contributed by atoms with van der Waals surface area (Å²) in [6.45, 7) is 6.11. The lowest BCUT2D eigenvalue weighted by Gasteiger charge is -2.15. The predicted molar refractivity (Wildman–Crippen MR) is 77.0 cm³/mol. The number of aliphatic hydroxyl groups is 1. The number of anilines is 2. The highest BCUT2D eigenvalue weighted by atomic mass is 16.6. The molecule has 0 aliphatic heterocycles. The van der Waals surface area contributed by atoms with Gasteiger partial charge in [0.15, 0.2) is 0 Å². The van der Waals surface area contributed by atoms with Crippen LogP contribution in [0.25, 0.3) is 0 Å². The molecule has 1 rings (SSSR count). The summed E-state index contributed by atoms with van der Waals surface area (Å²) < 4.78 is 0. The van der Waals surface area contributed by atoms with Gasteiger partial charge in [-0.1, -0.05) is 0 Å². The van der Waals surface area contributed by atoms with Crippen LogP contribution < -0.4 is 10.6 Å². The monoisotopic (exact) mass is 283 g/mol. The van der Waals surface area contributed by atoms with E-state index in [1.54, 1.807) is 6.92 Å². The van der Waals surface area contributed by atoms with Crippen LogP contribution >= 0.6 is 0 Å². The zero-order valence-corrected chi connectivity index (χ0v) is 12.0. The number of aryl methyl sites for hydroxylation is 1. The third-order valence-electron chi connectivity index (χ3n) is 2.75. The van der Waals surface area contributed by atoms with E-state index in [0.29, 0.717) is 31.0 Å². The van der Waals surface area contributed by atoms with Gasteiger partial charge in [-0.3, -0.25) is 10.1 Å². The van der Waals surface area contributed by atoms with Crippen molar-refractivity contribution in [2.24, 2.45) is 0 Å². The first-order valence-electron chi connectivity index (χ1n) is 6.63. The van der Waals surface area contributed by atoms with Crippen LogP contribution in [0, 0.1) is 17.0 Å². The Morgan fingerprint density at radius 1 is 1.45 bits per heavy atom. The second-order valence-corrected chi connectivity index (χ2v) is 4.53. The third-order valence-corrected chi connectivity index (χ3v) is 2.75. The highest BCUT2D eigenvalue weighted by molar-refractivity contribution is 5.61. The molecule has 8 heteroatoms. The van der Waals surface area contributed by atoms with Crippen molar-refractivity contribution in [1.29, 1.82) is 0 Å². The first-order valence-corrected chi connectivity index (χ1v) is 6.63. The maximum absolute atomic E-state index is 11.1. The number of hydrogen-bond acceptors (Lipinski definition) is 7. The molecule has 0 amide bonds. The number of rotatable bonds is 8. The summed E-state index contributed by atoms with van der Waals surface area (Å²) in [4.78, 5) is 18.9. The minimum atomic E-state index is -0.480. The molecular weight excluding hydrogens is 262 g/mol. The molecule has 1 aromatic heterocycles. The molecule has 0 saturated carbocycles. The fourth-order valence-electron chi connectivity index (χ4n) is 1.83. The first kappa shape index (κ1) is 16.1. The molecule has 3 N–H and O–H groups in total. The molecule has 1 heterocycles. The number of nitrogens with zero attached hydrogens (tertiary/aromatic N) is 3. The Balaban J connectivity index is 3.03. The second-order valence-electron chi connectivity index (χ2n) is 4.53. The number of nitro groups is 1. The van der Waals surface area contributed by atoms with E-state index in [0.717, 1.165) is 0 Å². The van der Waals surface area contributed by atoms with Crippen molar-refractivity contribution >= 4 is 17.5 Å². The lowest BCUT2D eigenvalue weighted by Crippen LogP contribution is -2.19. The Morgan fingerprint density at radius 3 is 2.70 bits per heavy atom. The molecule has 1 aromatic rings.